The summed E-state index contributed by atoms with van der Waals surface area (Å²) in [5.41, 5.74) is 4.77. The van der Waals surface area contributed by atoms with Gasteiger partial charge in [0.1, 0.15) is 17.6 Å². The minimum atomic E-state index is -0.100. The summed E-state index contributed by atoms with van der Waals surface area (Å²) >= 11 is 1.84. The van der Waals surface area contributed by atoms with Crippen LogP contribution in [0.3, 0.4) is 0 Å². The van der Waals surface area contributed by atoms with Gasteiger partial charge in [0, 0.05) is 0 Å². The average Bonchev–Trinajstić information content (AvgIpc) is 2.68. The molecule has 0 radical (unpaired) electrons. The molecular formula is C22H20O2S. The van der Waals surface area contributed by atoms with Crippen LogP contribution < -0.4 is 4.74 Å². The van der Waals surface area contributed by atoms with Gasteiger partial charge in [-0.2, -0.15) is 0 Å². The maximum absolute atomic E-state index is 7.04. The molecule has 1 heterocycles. The molecule has 0 aromatic heterocycles. The van der Waals surface area contributed by atoms with Crippen molar-refractivity contribution in [1.82, 2.24) is 0 Å². The van der Waals surface area contributed by atoms with Gasteiger partial charge in [0.25, 0.3) is 1.43 Å². The molecule has 1 N–H and O–H groups in total. The molecule has 0 unspecified atom stereocenters. The van der Waals surface area contributed by atoms with Crippen LogP contribution >= 0.6 is 11.8 Å². The van der Waals surface area contributed by atoms with Crippen molar-refractivity contribution in [3.8, 4) is 11.5 Å². The van der Waals surface area contributed by atoms with Crippen LogP contribution in [0.1, 0.15) is 33.6 Å². The number of hydrogen-bond acceptors (Lipinski definition) is 3. The van der Waals surface area contributed by atoms with Crippen LogP contribution in [0.25, 0.3) is 0 Å². The molecule has 3 aromatic carbocycles. The van der Waals surface area contributed by atoms with Gasteiger partial charge in [-0.1, -0.05) is 48.0 Å². The van der Waals surface area contributed by atoms with E-state index in [1.807, 2.05) is 36.0 Å². The summed E-state index contributed by atoms with van der Waals surface area (Å²) in [7, 11) is 0. The van der Waals surface area contributed by atoms with Crippen molar-refractivity contribution in [3.63, 3.8) is 0 Å². The summed E-state index contributed by atoms with van der Waals surface area (Å²) in [5.74, 6) is 1.46. The Bertz CT molecular complexity index is 906. The van der Waals surface area contributed by atoms with Gasteiger partial charge in [-0.3, -0.25) is 0 Å². The van der Waals surface area contributed by atoms with Gasteiger partial charge in [0.2, 0.25) is 0 Å². The number of fused-ring (bicyclic) bond motifs is 1. The Morgan fingerprint density at radius 3 is 2.28 bits per heavy atom. The highest BCUT2D eigenvalue weighted by atomic mass is 32.2. The van der Waals surface area contributed by atoms with Crippen LogP contribution in [0.15, 0.2) is 71.6 Å². The van der Waals surface area contributed by atoms with Crippen LogP contribution in [-0.2, 0) is 0 Å². The Hall–Kier alpha value is -2.39. The SMILES string of the molecule is [3H]Oc1ccc([C@H]2Oc3cc(C)ccc3S[C@H]2c2ccc(C)cc2)cc1. The molecule has 0 bridgehead atoms. The lowest BCUT2D eigenvalue weighted by molar-refractivity contribution is 0.191. The summed E-state index contributed by atoms with van der Waals surface area (Å²) in [6, 6.07) is 22.6. The Kier molecular flexibility index (Phi) is 3.87. The molecule has 1 aliphatic heterocycles. The Morgan fingerprint density at radius 2 is 1.56 bits per heavy atom. The highest BCUT2D eigenvalue weighted by Gasteiger charge is 2.33. The number of rotatable bonds is 3. The topological polar surface area (TPSA) is 29.5 Å². The zero-order valence-electron chi connectivity index (χ0n) is 15.2. The second-order valence-electron chi connectivity index (χ2n) is 6.51. The first-order valence-electron chi connectivity index (χ1n) is 8.78. The summed E-state index contributed by atoms with van der Waals surface area (Å²) in [6.45, 7) is 4.18. The van der Waals surface area contributed by atoms with Crippen LogP contribution in [0.2, 0.25) is 0 Å². The van der Waals surface area contributed by atoms with Crippen molar-refractivity contribution >= 4 is 11.8 Å². The van der Waals surface area contributed by atoms with E-state index in [2.05, 4.69) is 61.4 Å². The molecule has 25 heavy (non-hydrogen) atoms. The van der Waals surface area contributed by atoms with Crippen molar-refractivity contribution in [2.75, 3.05) is 0 Å². The highest BCUT2D eigenvalue weighted by molar-refractivity contribution is 7.99. The number of phenols is 1. The normalized spacial score (nSPS) is 19.5. The van der Waals surface area contributed by atoms with Gasteiger partial charge < -0.3 is 9.85 Å². The molecule has 0 saturated heterocycles. The molecule has 0 saturated carbocycles. The van der Waals surface area contributed by atoms with Gasteiger partial charge in [-0.25, -0.2) is 0 Å². The minimum Gasteiger partial charge on any atom is -0.508 e. The maximum atomic E-state index is 7.04. The number of ether oxygens (including phenoxy) is 1. The molecule has 3 aromatic rings. The molecule has 3 heteroatoms. The highest BCUT2D eigenvalue weighted by Crippen LogP contribution is 2.53. The molecule has 0 fully saturated rings. The van der Waals surface area contributed by atoms with Crippen LogP contribution in [0.5, 0.6) is 11.5 Å². The monoisotopic (exact) mass is 350 g/mol. The van der Waals surface area contributed by atoms with E-state index in [1.165, 1.54) is 21.6 Å². The van der Waals surface area contributed by atoms with E-state index in [0.717, 1.165) is 11.3 Å². The van der Waals surface area contributed by atoms with Crippen LogP contribution in [0, 0.1) is 13.8 Å². The average molecular weight is 350 g/mol. The molecular weight excluding hydrogens is 328 g/mol. The molecule has 0 amide bonds. The predicted molar refractivity (Wildman–Crippen MR) is 102 cm³/mol. The lowest BCUT2D eigenvalue weighted by Gasteiger charge is -2.34. The number of aryl methyl sites for hydroxylation is 2. The van der Waals surface area contributed by atoms with Crippen molar-refractivity contribution < 1.29 is 9.85 Å². The number of benzene rings is 3. The molecule has 4 rings (SSSR count). The van der Waals surface area contributed by atoms with Crippen molar-refractivity contribution in [3.05, 3.63) is 89.0 Å². The van der Waals surface area contributed by atoms with Gasteiger partial charge in [-0.15, -0.1) is 11.8 Å². The third-order valence-electron chi connectivity index (χ3n) is 4.50. The third-order valence-corrected chi connectivity index (χ3v) is 5.86. The first-order chi connectivity index (χ1) is 12.6. The zero-order chi connectivity index (χ0) is 18.1. The summed E-state index contributed by atoms with van der Waals surface area (Å²) in [6.07, 6.45) is -0.100. The lowest BCUT2D eigenvalue weighted by Crippen LogP contribution is -2.19. The fraction of sp³-hybridized carbons (Fsp3) is 0.182. The molecule has 2 nitrogen and oxygen atoms in total. The number of phenolic OH excluding ortho intramolecular Hbond substituents is 1. The Morgan fingerprint density at radius 1 is 0.880 bits per heavy atom. The van der Waals surface area contributed by atoms with Crippen molar-refractivity contribution in [2.24, 2.45) is 0 Å². The van der Waals surface area contributed by atoms with Gasteiger partial charge in [0.05, 0.1) is 10.1 Å². The predicted octanol–water partition coefficient (Wildman–Crippen LogP) is 5.98. The minimum absolute atomic E-state index is 0.100. The standard InChI is InChI=1S/C22H20O2S/c1-14-3-6-17(7-4-14)22-21(16-8-10-18(23)11-9-16)24-19-13-15(2)5-12-20(19)25-22/h3-13,21-23H,1-2H3/t21-,22+/m1/s1/i/hT. The van der Waals surface area contributed by atoms with Crippen molar-refractivity contribution in [1.29, 1.82) is 1.43 Å². The van der Waals surface area contributed by atoms with Gasteiger partial charge in [0.15, 0.2) is 0 Å². The molecule has 0 aliphatic carbocycles. The van der Waals surface area contributed by atoms with Crippen LogP contribution in [-0.4, -0.2) is 6.54 Å². The third kappa shape index (κ3) is 3.24. The van der Waals surface area contributed by atoms with E-state index in [-0.39, 0.29) is 11.4 Å². The quantitative estimate of drug-likeness (QED) is 0.630. The van der Waals surface area contributed by atoms with E-state index in [1.54, 1.807) is 0 Å². The summed E-state index contributed by atoms with van der Waals surface area (Å²) in [5, 5.41) is 4.72. The molecule has 1 aliphatic rings. The smallest absolute Gasteiger partial charge is 0.293 e. The van der Waals surface area contributed by atoms with Crippen LogP contribution in [0.4, 0.5) is 0 Å². The summed E-state index contributed by atoms with van der Waals surface area (Å²) < 4.78 is 13.5. The number of hydrogen-bond donors (Lipinski definition) is 1. The fourth-order valence-corrected chi connectivity index (χ4v) is 4.37. The number of thioether (sulfide) groups is 1. The Balaban J connectivity index is 1.76. The zero-order valence-corrected chi connectivity index (χ0v) is 15.0. The maximum Gasteiger partial charge on any atom is 0.293 e. The molecule has 0 spiro atoms. The lowest BCUT2D eigenvalue weighted by atomic mass is 9.99. The van der Waals surface area contributed by atoms with E-state index >= 15 is 0 Å². The second kappa shape index (κ2) is 6.49. The van der Waals surface area contributed by atoms with Crippen molar-refractivity contribution in [2.45, 2.75) is 30.1 Å². The fourth-order valence-electron chi connectivity index (χ4n) is 3.10. The van der Waals surface area contributed by atoms with Gasteiger partial charge >= 0.3 is 0 Å². The first kappa shape index (κ1) is 14.9. The van der Waals surface area contributed by atoms with E-state index in [4.69, 9.17) is 6.17 Å². The Labute approximate surface area is 154 Å². The molecule has 126 valence electrons. The van der Waals surface area contributed by atoms with E-state index in [0.29, 0.717) is 5.75 Å². The summed E-state index contributed by atoms with van der Waals surface area (Å²) in [4.78, 5) is 1.17. The second-order valence-corrected chi connectivity index (χ2v) is 7.69. The first-order valence-corrected chi connectivity index (χ1v) is 9.25. The van der Waals surface area contributed by atoms with E-state index < -0.39 is 0 Å². The number of aromatic hydroxyl groups is 1. The van der Waals surface area contributed by atoms with E-state index in [9.17, 15) is 0 Å². The molecule has 2 atom stereocenters. The van der Waals surface area contributed by atoms with Gasteiger partial charge in [-0.05, 0) is 54.8 Å². The largest absolute Gasteiger partial charge is 0.508 e.